The second kappa shape index (κ2) is 5.80. The highest BCUT2D eigenvalue weighted by Gasteiger charge is 2.66. The van der Waals surface area contributed by atoms with Crippen LogP contribution < -0.4 is 10.5 Å². The van der Waals surface area contributed by atoms with Gasteiger partial charge in [0, 0.05) is 13.1 Å². The van der Waals surface area contributed by atoms with Crippen molar-refractivity contribution in [3.05, 3.63) is 29.8 Å². The molecule has 0 unspecified atom stereocenters. The van der Waals surface area contributed by atoms with Crippen LogP contribution in [-0.4, -0.2) is 36.4 Å². The summed E-state index contributed by atoms with van der Waals surface area (Å²) in [6.45, 7) is 7.96. The number of carbonyl (C=O) groups is 2. The van der Waals surface area contributed by atoms with Gasteiger partial charge in [-0.15, -0.1) is 0 Å². The zero-order valence-electron chi connectivity index (χ0n) is 14.7. The molecule has 3 rings (SSSR count). The molecule has 130 valence electrons. The fourth-order valence-electron chi connectivity index (χ4n) is 4.57. The number of amides is 2. The van der Waals surface area contributed by atoms with Crippen LogP contribution >= 0.6 is 0 Å². The van der Waals surface area contributed by atoms with Gasteiger partial charge >= 0.3 is 0 Å². The topological polar surface area (TPSA) is 72.6 Å². The number of rotatable bonds is 5. The Balaban J connectivity index is 1.67. The van der Waals surface area contributed by atoms with Gasteiger partial charge < -0.3 is 15.4 Å². The number of benzene rings is 1. The van der Waals surface area contributed by atoms with Crippen molar-refractivity contribution in [2.75, 3.05) is 19.7 Å². The molecule has 0 radical (unpaired) electrons. The second-order valence-corrected chi connectivity index (χ2v) is 7.77. The lowest BCUT2D eigenvalue weighted by atomic mass is 9.48. The molecule has 5 heteroatoms. The quantitative estimate of drug-likeness (QED) is 0.897. The van der Waals surface area contributed by atoms with Crippen molar-refractivity contribution in [3.63, 3.8) is 0 Å². The van der Waals surface area contributed by atoms with Crippen molar-refractivity contribution in [3.8, 4) is 5.75 Å². The maximum absolute atomic E-state index is 12.7. The minimum Gasteiger partial charge on any atom is -0.494 e. The summed E-state index contributed by atoms with van der Waals surface area (Å²) in [4.78, 5) is 26.5. The molecule has 1 heterocycles. The summed E-state index contributed by atoms with van der Waals surface area (Å²) in [5.41, 5.74) is 6.17. The van der Waals surface area contributed by atoms with E-state index in [0.717, 1.165) is 17.7 Å². The monoisotopic (exact) mass is 330 g/mol. The van der Waals surface area contributed by atoms with Crippen molar-refractivity contribution in [2.45, 2.75) is 33.6 Å². The van der Waals surface area contributed by atoms with Crippen LogP contribution in [0.5, 0.6) is 5.75 Å². The van der Waals surface area contributed by atoms with Gasteiger partial charge in [-0.05, 0) is 42.4 Å². The standard InChI is InChI=1S/C19H26N2O3/c1-4-24-14-7-5-13(6-8-14)9-16(22)21-10-15-18(2,3)11-19(15,12-21)17(20)23/h5-8,15H,4,9-12H2,1-3H3,(H2,20,23)/t15-,19+/m1/s1. The molecule has 1 aromatic carbocycles. The average Bonchev–Trinajstić information content (AvgIpc) is 2.86. The fraction of sp³-hybridized carbons (Fsp3) is 0.579. The number of hydrogen-bond acceptors (Lipinski definition) is 3. The highest BCUT2D eigenvalue weighted by Crippen LogP contribution is 2.62. The Morgan fingerprint density at radius 1 is 1.29 bits per heavy atom. The molecule has 2 aliphatic rings. The number of ether oxygens (including phenoxy) is 1. The Bertz CT molecular complexity index is 653. The van der Waals surface area contributed by atoms with Gasteiger partial charge in [0.15, 0.2) is 0 Å². The SMILES string of the molecule is CCOc1ccc(CC(=O)N2C[C@@H]3C(C)(C)C[C@]3(C(N)=O)C2)cc1. The predicted molar refractivity (Wildman–Crippen MR) is 91.4 cm³/mol. The number of nitrogens with two attached hydrogens (primary N) is 1. The molecule has 1 saturated carbocycles. The fourth-order valence-corrected chi connectivity index (χ4v) is 4.57. The summed E-state index contributed by atoms with van der Waals surface area (Å²) in [6.07, 6.45) is 1.11. The van der Waals surface area contributed by atoms with E-state index in [1.165, 1.54) is 0 Å². The van der Waals surface area contributed by atoms with Crippen LogP contribution in [0.2, 0.25) is 0 Å². The van der Waals surface area contributed by atoms with Gasteiger partial charge in [0.2, 0.25) is 11.8 Å². The van der Waals surface area contributed by atoms with Gasteiger partial charge in [-0.2, -0.15) is 0 Å². The maximum atomic E-state index is 12.7. The van der Waals surface area contributed by atoms with Crippen molar-refractivity contribution in [1.29, 1.82) is 0 Å². The van der Waals surface area contributed by atoms with Crippen LogP contribution in [0.15, 0.2) is 24.3 Å². The first-order valence-corrected chi connectivity index (χ1v) is 8.58. The number of primary amides is 1. The number of hydrogen-bond donors (Lipinski definition) is 1. The Kier molecular flexibility index (Phi) is 4.06. The number of fused-ring (bicyclic) bond motifs is 1. The van der Waals surface area contributed by atoms with E-state index in [1.807, 2.05) is 36.1 Å². The second-order valence-electron chi connectivity index (χ2n) is 7.77. The van der Waals surface area contributed by atoms with Gasteiger partial charge in [0.25, 0.3) is 0 Å². The minimum absolute atomic E-state index is 0.0602. The Morgan fingerprint density at radius 2 is 1.96 bits per heavy atom. The van der Waals surface area contributed by atoms with Crippen LogP contribution in [0.3, 0.4) is 0 Å². The molecule has 2 amide bonds. The molecular weight excluding hydrogens is 304 g/mol. The van der Waals surface area contributed by atoms with Gasteiger partial charge in [0.1, 0.15) is 5.75 Å². The number of nitrogens with zero attached hydrogens (tertiary/aromatic N) is 1. The average molecular weight is 330 g/mol. The molecule has 2 atom stereocenters. The highest BCUT2D eigenvalue weighted by molar-refractivity contribution is 5.86. The minimum atomic E-state index is -0.516. The van der Waals surface area contributed by atoms with Gasteiger partial charge in [-0.3, -0.25) is 9.59 Å². The van der Waals surface area contributed by atoms with Crippen LogP contribution in [-0.2, 0) is 16.0 Å². The third kappa shape index (κ3) is 2.66. The molecule has 0 aromatic heterocycles. The number of likely N-dealkylation sites (tertiary alicyclic amines) is 1. The molecule has 2 N–H and O–H groups in total. The molecule has 2 fully saturated rings. The van der Waals surface area contributed by atoms with E-state index in [1.54, 1.807) is 0 Å². The van der Waals surface area contributed by atoms with Crippen LogP contribution in [0.25, 0.3) is 0 Å². The smallest absolute Gasteiger partial charge is 0.227 e. The molecule has 1 aliphatic heterocycles. The van der Waals surface area contributed by atoms with E-state index in [0.29, 0.717) is 26.1 Å². The van der Waals surface area contributed by atoms with Crippen molar-refractivity contribution >= 4 is 11.8 Å². The maximum Gasteiger partial charge on any atom is 0.227 e. The molecule has 0 bridgehead atoms. The Morgan fingerprint density at radius 3 is 2.46 bits per heavy atom. The van der Waals surface area contributed by atoms with Gasteiger partial charge in [-0.25, -0.2) is 0 Å². The zero-order chi connectivity index (χ0) is 17.5. The molecule has 5 nitrogen and oxygen atoms in total. The summed E-state index contributed by atoms with van der Waals surface area (Å²) >= 11 is 0. The largest absolute Gasteiger partial charge is 0.494 e. The normalized spacial score (nSPS) is 27.3. The van der Waals surface area contributed by atoms with E-state index in [4.69, 9.17) is 10.5 Å². The predicted octanol–water partition coefficient (Wildman–Crippen LogP) is 1.99. The first-order valence-electron chi connectivity index (χ1n) is 8.58. The first kappa shape index (κ1) is 16.8. The van der Waals surface area contributed by atoms with E-state index >= 15 is 0 Å². The lowest BCUT2D eigenvalue weighted by Gasteiger charge is -2.54. The third-order valence-electron chi connectivity index (χ3n) is 5.69. The van der Waals surface area contributed by atoms with Crippen molar-refractivity contribution < 1.29 is 14.3 Å². The molecule has 1 saturated heterocycles. The van der Waals surface area contributed by atoms with E-state index in [2.05, 4.69) is 13.8 Å². The Hall–Kier alpha value is -2.04. The summed E-state index contributed by atoms with van der Waals surface area (Å²) in [5, 5.41) is 0. The summed E-state index contributed by atoms with van der Waals surface area (Å²) in [5.74, 6) is 0.780. The highest BCUT2D eigenvalue weighted by atomic mass is 16.5. The van der Waals surface area contributed by atoms with Gasteiger partial charge in [0.05, 0.1) is 18.4 Å². The molecule has 24 heavy (non-hydrogen) atoms. The summed E-state index contributed by atoms with van der Waals surface area (Å²) < 4.78 is 5.42. The van der Waals surface area contributed by atoms with Crippen LogP contribution in [0.4, 0.5) is 0 Å². The van der Waals surface area contributed by atoms with Crippen LogP contribution in [0, 0.1) is 16.7 Å². The first-order chi connectivity index (χ1) is 11.3. The van der Waals surface area contributed by atoms with E-state index in [-0.39, 0.29) is 23.1 Å². The zero-order valence-corrected chi connectivity index (χ0v) is 14.7. The molecular formula is C19H26N2O3. The van der Waals surface area contributed by atoms with Crippen molar-refractivity contribution in [2.24, 2.45) is 22.5 Å². The molecule has 0 spiro atoms. The summed E-state index contributed by atoms with van der Waals surface area (Å²) in [7, 11) is 0. The number of carbonyl (C=O) groups excluding carboxylic acids is 2. The Labute approximate surface area is 143 Å². The molecule has 1 aliphatic carbocycles. The third-order valence-corrected chi connectivity index (χ3v) is 5.69. The van der Waals surface area contributed by atoms with E-state index < -0.39 is 5.41 Å². The lowest BCUT2D eigenvalue weighted by Crippen LogP contribution is -2.59. The van der Waals surface area contributed by atoms with E-state index in [9.17, 15) is 9.59 Å². The molecule has 1 aromatic rings. The lowest BCUT2D eigenvalue weighted by molar-refractivity contribution is -0.148. The summed E-state index contributed by atoms with van der Waals surface area (Å²) in [6, 6.07) is 7.60. The van der Waals surface area contributed by atoms with Crippen LogP contribution in [0.1, 0.15) is 32.8 Å². The van der Waals surface area contributed by atoms with Gasteiger partial charge in [-0.1, -0.05) is 26.0 Å². The van der Waals surface area contributed by atoms with Crippen molar-refractivity contribution in [1.82, 2.24) is 4.90 Å².